The van der Waals surface area contributed by atoms with Gasteiger partial charge in [0.05, 0.1) is 0 Å². The van der Waals surface area contributed by atoms with Crippen LogP contribution in [0, 0.1) is 0 Å². The van der Waals surface area contributed by atoms with Crippen LogP contribution in [0.2, 0.25) is 0 Å². The van der Waals surface area contributed by atoms with Crippen LogP contribution in [0.25, 0.3) is 11.4 Å². The van der Waals surface area contributed by atoms with Gasteiger partial charge in [0.2, 0.25) is 11.7 Å². The van der Waals surface area contributed by atoms with Crippen LogP contribution < -0.4 is 0 Å². The summed E-state index contributed by atoms with van der Waals surface area (Å²) in [7, 11) is 1.68. The molecule has 1 N–H and O–H groups in total. The smallest absolute Gasteiger partial charge is 0.274 e. The van der Waals surface area contributed by atoms with Crippen LogP contribution in [0.15, 0.2) is 35.1 Å². The van der Waals surface area contributed by atoms with Crippen molar-refractivity contribution in [1.82, 2.24) is 30.2 Å². The zero-order valence-electron chi connectivity index (χ0n) is 13.1. The van der Waals surface area contributed by atoms with Crippen molar-refractivity contribution in [3.8, 4) is 11.4 Å². The van der Waals surface area contributed by atoms with E-state index >= 15 is 0 Å². The average Bonchev–Trinajstić information content (AvgIpc) is 3.16. The Morgan fingerprint density at radius 2 is 2.33 bits per heavy atom. The van der Waals surface area contributed by atoms with Gasteiger partial charge in [-0.1, -0.05) is 5.16 Å². The largest absolute Gasteiger partial charge is 0.337 e. The molecule has 3 aromatic heterocycles. The number of aromatic amines is 1. The number of amides is 1. The van der Waals surface area contributed by atoms with Gasteiger partial charge in [-0.3, -0.25) is 14.9 Å². The highest BCUT2D eigenvalue weighted by Crippen LogP contribution is 2.39. The van der Waals surface area contributed by atoms with Crippen LogP contribution in [-0.4, -0.2) is 43.2 Å². The monoisotopic (exact) mass is 324 g/mol. The summed E-state index contributed by atoms with van der Waals surface area (Å²) >= 11 is 0. The maximum atomic E-state index is 12.4. The highest BCUT2D eigenvalue weighted by molar-refractivity contribution is 5.92. The van der Waals surface area contributed by atoms with Crippen LogP contribution in [0.4, 0.5) is 0 Å². The fraction of sp³-hybridized carbons (Fsp3) is 0.312. The second-order valence-corrected chi connectivity index (χ2v) is 5.90. The van der Waals surface area contributed by atoms with E-state index in [1.54, 1.807) is 25.5 Å². The van der Waals surface area contributed by atoms with Gasteiger partial charge in [0.1, 0.15) is 12.2 Å². The molecule has 3 heterocycles. The van der Waals surface area contributed by atoms with Gasteiger partial charge < -0.3 is 9.42 Å². The number of carbonyl (C=O) groups is 1. The fourth-order valence-corrected chi connectivity index (χ4v) is 2.45. The molecule has 8 nitrogen and oxygen atoms in total. The zero-order valence-corrected chi connectivity index (χ0v) is 13.1. The Kier molecular flexibility index (Phi) is 3.56. The number of carbonyl (C=O) groups excluding carboxylic acids is 1. The van der Waals surface area contributed by atoms with Crippen molar-refractivity contribution >= 4 is 5.91 Å². The molecule has 0 atom stereocenters. The van der Waals surface area contributed by atoms with Crippen molar-refractivity contribution in [3.05, 3.63) is 47.9 Å². The van der Waals surface area contributed by atoms with Gasteiger partial charge in [-0.25, -0.2) is 0 Å². The van der Waals surface area contributed by atoms with Gasteiger partial charge in [0, 0.05) is 36.6 Å². The molecule has 8 heteroatoms. The summed E-state index contributed by atoms with van der Waals surface area (Å²) in [5, 5.41) is 11.0. The van der Waals surface area contributed by atoms with Crippen LogP contribution >= 0.6 is 0 Å². The summed E-state index contributed by atoms with van der Waals surface area (Å²) < 4.78 is 5.22. The van der Waals surface area contributed by atoms with Gasteiger partial charge in [-0.05, 0) is 31.0 Å². The van der Waals surface area contributed by atoms with Crippen LogP contribution in [-0.2, 0) is 6.54 Å². The Morgan fingerprint density at radius 1 is 1.46 bits per heavy atom. The summed E-state index contributed by atoms with van der Waals surface area (Å²) in [5.41, 5.74) is 2.21. The number of nitrogens with zero attached hydrogens (tertiary/aromatic N) is 5. The van der Waals surface area contributed by atoms with E-state index in [2.05, 4.69) is 25.3 Å². The number of hydrogen-bond acceptors (Lipinski definition) is 6. The molecule has 1 amide bonds. The average molecular weight is 324 g/mol. The molecule has 1 saturated carbocycles. The molecule has 1 fully saturated rings. The third-order valence-corrected chi connectivity index (χ3v) is 3.94. The van der Waals surface area contributed by atoms with Crippen LogP contribution in [0.5, 0.6) is 0 Å². The normalized spacial score (nSPS) is 13.9. The van der Waals surface area contributed by atoms with Crippen molar-refractivity contribution in [2.24, 2.45) is 0 Å². The molecule has 0 bridgehead atoms. The highest BCUT2D eigenvalue weighted by atomic mass is 16.5. The lowest BCUT2D eigenvalue weighted by molar-refractivity contribution is 0.0763. The van der Waals surface area contributed by atoms with Crippen LogP contribution in [0.1, 0.15) is 40.8 Å². The first-order chi connectivity index (χ1) is 11.7. The number of nitrogens with one attached hydrogen (secondary N) is 1. The summed E-state index contributed by atoms with van der Waals surface area (Å²) in [4.78, 5) is 22.3. The lowest BCUT2D eigenvalue weighted by Gasteiger charge is -2.12. The second-order valence-electron chi connectivity index (χ2n) is 5.90. The Morgan fingerprint density at radius 3 is 3.08 bits per heavy atom. The predicted molar refractivity (Wildman–Crippen MR) is 83.9 cm³/mol. The quantitative estimate of drug-likeness (QED) is 0.770. The molecule has 0 aromatic carbocycles. The molecule has 3 aromatic rings. The minimum Gasteiger partial charge on any atom is -0.337 e. The number of H-pyrrole nitrogens is 1. The molecular weight excluding hydrogens is 308 g/mol. The Balaban J connectivity index is 1.44. The fourth-order valence-electron chi connectivity index (χ4n) is 2.45. The van der Waals surface area contributed by atoms with E-state index in [-0.39, 0.29) is 12.5 Å². The first-order valence-corrected chi connectivity index (χ1v) is 7.74. The van der Waals surface area contributed by atoms with E-state index in [1.807, 2.05) is 12.1 Å². The van der Waals surface area contributed by atoms with Crippen molar-refractivity contribution in [2.75, 3.05) is 7.05 Å². The molecule has 4 rings (SSSR count). The van der Waals surface area contributed by atoms with Crippen molar-refractivity contribution in [1.29, 1.82) is 0 Å². The first-order valence-electron chi connectivity index (χ1n) is 7.74. The van der Waals surface area contributed by atoms with Crippen molar-refractivity contribution in [2.45, 2.75) is 25.3 Å². The second kappa shape index (κ2) is 5.88. The Bertz CT molecular complexity index is 852. The molecular formula is C16H16N6O2. The lowest BCUT2D eigenvalue weighted by Crippen LogP contribution is -2.26. The topological polar surface area (TPSA) is 101 Å². The molecule has 1 aliphatic carbocycles. The third-order valence-electron chi connectivity index (χ3n) is 3.94. The highest BCUT2D eigenvalue weighted by Gasteiger charge is 2.27. The first kappa shape index (κ1) is 14.6. The van der Waals surface area contributed by atoms with Gasteiger partial charge >= 0.3 is 0 Å². The molecule has 122 valence electrons. The van der Waals surface area contributed by atoms with E-state index in [0.29, 0.717) is 23.3 Å². The predicted octanol–water partition coefficient (Wildman–Crippen LogP) is 2.00. The van der Waals surface area contributed by atoms with Gasteiger partial charge in [-0.15, -0.1) is 0 Å². The standard InChI is InChI=1S/C16H16N6O2/c1-22(16(23)13-7-12(19-20-13)10-4-5-10)9-14-18-15(21-24-14)11-3-2-6-17-8-11/h2-3,6-8,10H,4-5,9H2,1H3,(H,19,20). The number of hydrogen-bond donors (Lipinski definition) is 1. The van der Waals surface area contributed by atoms with E-state index < -0.39 is 0 Å². The van der Waals surface area contributed by atoms with Gasteiger partial charge in [0.15, 0.2) is 0 Å². The number of rotatable bonds is 5. The van der Waals surface area contributed by atoms with E-state index in [0.717, 1.165) is 24.1 Å². The number of pyridine rings is 1. The Labute approximate surface area is 137 Å². The van der Waals surface area contributed by atoms with Crippen molar-refractivity contribution in [3.63, 3.8) is 0 Å². The van der Waals surface area contributed by atoms with Crippen molar-refractivity contribution < 1.29 is 9.32 Å². The van der Waals surface area contributed by atoms with E-state index in [4.69, 9.17) is 4.52 Å². The molecule has 1 aliphatic rings. The lowest BCUT2D eigenvalue weighted by atomic mass is 10.2. The van der Waals surface area contributed by atoms with E-state index in [9.17, 15) is 4.79 Å². The molecule has 0 radical (unpaired) electrons. The third kappa shape index (κ3) is 2.90. The summed E-state index contributed by atoms with van der Waals surface area (Å²) in [6.07, 6.45) is 5.65. The van der Waals surface area contributed by atoms with Gasteiger partial charge in [-0.2, -0.15) is 10.1 Å². The molecule has 0 spiro atoms. The minimum absolute atomic E-state index is 0.181. The summed E-state index contributed by atoms with van der Waals surface area (Å²) in [6.45, 7) is 0.220. The maximum absolute atomic E-state index is 12.4. The molecule has 0 unspecified atom stereocenters. The number of aromatic nitrogens is 5. The van der Waals surface area contributed by atoms with E-state index in [1.165, 1.54) is 4.90 Å². The molecule has 24 heavy (non-hydrogen) atoms. The maximum Gasteiger partial charge on any atom is 0.274 e. The zero-order chi connectivity index (χ0) is 16.5. The molecule has 0 aliphatic heterocycles. The summed E-state index contributed by atoms with van der Waals surface area (Å²) in [6, 6.07) is 5.47. The minimum atomic E-state index is -0.181. The van der Waals surface area contributed by atoms with Crippen LogP contribution in [0.3, 0.4) is 0 Å². The molecule has 0 saturated heterocycles. The summed E-state index contributed by atoms with van der Waals surface area (Å²) in [5.74, 6) is 1.17. The Hall–Kier alpha value is -3.03. The SMILES string of the molecule is CN(Cc1nc(-c2cccnc2)no1)C(=O)c1cc(C2CC2)[nH]n1. The van der Waals surface area contributed by atoms with Gasteiger partial charge in [0.25, 0.3) is 5.91 Å².